The summed E-state index contributed by atoms with van der Waals surface area (Å²) < 4.78 is 5.78. The van der Waals surface area contributed by atoms with E-state index in [2.05, 4.69) is 4.98 Å². The Kier molecular flexibility index (Phi) is 3.48. The Morgan fingerprint density at radius 2 is 2.20 bits per heavy atom. The number of hydrogen-bond donors (Lipinski definition) is 5. The van der Waals surface area contributed by atoms with Gasteiger partial charge in [0, 0.05) is 6.20 Å². The molecule has 1 aliphatic rings. The number of aliphatic hydroxyl groups excluding tert-OH is 3. The van der Waals surface area contributed by atoms with Crippen molar-refractivity contribution in [2.45, 2.75) is 24.0 Å². The summed E-state index contributed by atoms with van der Waals surface area (Å²) in [6.45, 7) is -0.676. The maximum absolute atomic E-state index is 11.8. The second-order valence-corrected chi connectivity index (χ2v) is 4.34. The van der Waals surface area contributed by atoms with E-state index in [-0.39, 0.29) is 5.82 Å². The number of rotatable bonds is 3. The molecule has 1 saturated heterocycles. The van der Waals surface area contributed by atoms with Crippen molar-refractivity contribution in [3.63, 3.8) is 0 Å². The van der Waals surface area contributed by atoms with Crippen molar-refractivity contribution in [2.24, 2.45) is 5.73 Å². The van der Waals surface area contributed by atoms with E-state index in [1.165, 1.54) is 6.07 Å². The first-order valence-electron chi connectivity index (χ1n) is 5.65. The SMILES string of the molecule is NC(=O)[C@@]1(n2ccc(N)nc2=O)O[C@H](CO)[C@@H](O)[C@H]1O. The van der Waals surface area contributed by atoms with Crippen LogP contribution in [0.3, 0.4) is 0 Å². The molecule has 0 aromatic carbocycles. The van der Waals surface area contributed by atoms with Crippen LogP contribution in [0, 0.1) is 0 Å². The molecule has 10 heteroatoms. The summed E-state index contributed by atoms with van der Waals surface area (Å²) >= 11 is 0. The summed E-state index contributed by atoms with van der Waals surface area (Å²) in [5.41, 5.74) is 7.18. The number of nitrogens with two attached hydrogens (primary N) is 2. The first-order chi connectivity index (χ1) is 9.34. The van der Waals surface area contributed by atoms with E-state index in [4.69, 9.17) is 21.3 Å². The number of aliphatic hydroxyl groups is 3. The first-order valence-corrected chi connectivity index (χ1v) is 5.65. The molecule has 0 saturated carbocycles. The van der Waals surface area contributed by atoms with Crippen LogP contribution in [0.5, 0.6) is 0 Å². The van der Waals surface area contributed by atoms with E-state index in [1.54, 1.807) is 0 Å². The van der Waals surface area contributed by atoms with Crippen LogP contribution in [-0.4, -0.2) is 55.7 Å². The van der Waals surface area contributed by atoms with Gasteiger partial charge in [0.25, 0.3) is 11.6 Å². The lowest BCUT2D eigenvalue weighted by Crippen LogP contribution is -2.58. The van der Waals surface area contributed by atoms with Crippen LogP contribution in [0.4, 0.5) is 5.82 Å². The van der Waals surface area contributed by atoms with Gasteiger partial charge in [0.1, 0.15) is 24.1 Å². The predicted octanol–water partition coefficient (Wildman–Crippen LogP) is -3.92. The van der Waals surface area contributed by atoms with Crippen LogP contribution in [-0.2, 0) is 15.3 Å². The van der Waals surface area contributed by atoms with E-state index < -0.39 is 42.2 Å². The largest absolute Gasteiger partial charge is 0.394 e. The fourth-order valence-corrected chi connectivity index (χ4v) is 2.14. The van der Waals surface area contributed by atoms with E-state index in [1.807, 2.05) is 0 Å². The zero-order valence-electron chi connectivity index (χ0n) is 10.2. The highest BCUT2D eigenvalue weighted by atomic mass is 16.6. The molecule has 0 unspecified atom stereocenters. The molecule has 0 aliphatic carbocycles. The second kappa shape index (κ2) is 4.83. The van der Waals surface area contributed by atoms with Gasteiger partial charge in [-0.05, 0) is 6.07 Å². The number of primary amides is 1. The van der Waals surface area contributed by atoms with Crippen LogP contribution in [0.15, 0.2) is 17.1 Å². The molecule has 1 fully saturated rings. The second-order valence-electron chi connectivity index (χ2n) is 4.34. The summed E-state index contributed by atoms with van der Waals surface area (Å²) in [5.74, 6) is -1.31. The Morgan fingerprint density at radius 3 is 2.65 bits per heavy atom. The molecule has 2 heterocycles. The molecule has 20 heavy (non-hydrogen) atoms. The van der Waals surface area contributed by atoms with E-state index in [0.717, 1.165) is 6.20 Å². The molecule has 2 rings (SSSR count). The quantitative estimate of drug-likeness (QED) is 0.374. The van der Waals surface area contributed by atoms with Gasteiger partial charge in [-0.3, -0.25) is 9.36 Å². The number of amides is 1. The normalized spacial score (nSPS) is 33.2. The average molecular weight is 286 g/mol. The lowest BCUT2D eigenvalue weighted by atomic mass is 10.0. The highest BCUT2D eigenvalue weighted by molar-refractivity contribution is 5.82. The summed E-state index contributed by atoms with van der Waals surface area (Å²) in [5, 5.41) is 28.8. The summed E-state index contributed by atoms with van der Waals surface area (Å²) in [4.78, 5) is 26.9. The number of nitrogens with zero attached hydrogens (tertiary/aromatic N) is 2. The average Bonchev–Trinajstić information content (AvgIpc) is 2.64. The van der Waals surface area contributed by atoms with Gasteiger partial charge in [-0.25, -0.2) is 4.79 Å². The highest BCUT2D eigenvalue weighted by Crippen LogP contribution is 2.34. The maximum atomic E-state index is 11.8. The summed E-state index contributed by atoms with van der Waals surface area (Å²) in [6.07, 6.45) is -3.66. The number of hydrogen-bond acceptors (Lipinski definition) is 8. The van der Waals surface area contributed by atoms with E-state index >= 15 is 0 Å². The molecule has 0 spiro atoms. The highest BCUT2D eigenvalue weighted by Gasteiger charge is 2.60. The van der Waals surface area contributed by atoms with Gasteiger partial charge in [0.15, 0.2) is 0 Å². The smallest absolute Gasteiger partial charge is 0.352 e. The van der Waals surface area contributed by atoms with Crippen molar-refractivity contribution >= 4 is 11.7 Å². The molecule has 4 atom stereocenters. The van der Waals surface area contributed by atoms with Crippen LogP contribution < -0.4 is 17.2 Å². The van der Waals surface area contributed by atoms with Crippen molar-refractivity contribution in [3.8, 4) is 0 Å². The molecule has 7 N–H and O–H groups in total. The molecule has 1 aliphatic heterocycles. The lowest BCUT2D eigenvalue weighted by molar-refractivity contribution is -0.175. The zero-order valence-corrected chi connectivity index (χ0v) is 10.2. The first kappa shape index (κ1) is 14.4. The Bertz CT molecular complexity index is 589. The number of nitrogen functional groups attached to an aromatic ring is 1. The molecule has 1 amide bonds. The van der Waals surface area contributed by atoms with Crippen molar-refractivity contribution in [1.29, 1.82) is 0 Å². The number of anilines is 1. The Balaban J connectivity index is 2.62. The van der Waals surface area contributed by atoms with Gasteiger partial charge in [-0.2, -0.15) is 4.98 Å². The lowest BCUT2D eigenvalue weighted by Gasteiger charge is -2.30. The molecule has 1 aromatic heterocycles. The molecule has 10 nitrogen and oxygen atoms in total. The zero-order chi connectivity index (χ0) is 15.1. The maximum Gasteiger partial charge on any atom is 0.352 e. The third kappa shape index (κ3) is 1.86. The van der Waals surface area contributed by atoms with Gasteiger partial charge in [0.05, 0.1) is 6.61 Å². The molecule has 110 valence electrons. The minimum absolute atomic E-state index is 0.0994. The van der Waals surface area contributed by atoms with Crippen LogP contribution in [0.1, 0.15) is 0 Å². The van der Waals surface area contributed by atoms with Crippen molar-refractivity contribution in [1.82, 2.24) is 9.55 Å². The fourth-order valence-electron chi connectivity index (χ4n) is 2.14. The predicted molar refractivity (Wildman–Crippen MR) is 64.1 cm³/mol. The standard InChI is InChI=1S/C10H14N4O6/c11-5-1-2-14(9(19)13-5)10(8(12)18)7(17)6(16)4(3-15)20-10/h1-2,4,6-7,15-17H,3H2,(H2,12,18)(H2,11,13,19)/t4-,6-,7-,10+/m1/s1. The monoisotopic (exact) mass is 286 g/mol. The van der Waals surface area contributed by atoms with Crippen molar-refractivity contribution in [3.05, 3.63) is 22.7 Å². The molecule has 0 radical (unpaired) electrons. The Hall–Kier alpha value is -2.01. The number of carbonyl (C=O) groups excluding carboxylic acids is 1. The number of ether oxygens (including phenoxy) is 1. The van der Waals surface area contributed by atoms with E-state index in [9.17, 15) is 19.8 Å². The van der Waals surface area contributed by atoms with Gasteiger partial charge in [-0.1, -0.05) is 0 Å². The molecule has 1 aromatic rings. The van der Waals surface area contributed by atoms with Crippen LogP contribution >= 0.6 is 0 Å². The summed E-state index contributed by atoms with van der Waals surface area (Å²) in [6, 6.07) is 1.20. The Labute approximate surface area is 112 Å². The topological polar surface area (TPSA) is 174 Å². The number of aromatic nitrogens is 2. The molecule has 0 bridgehead atoms. The third-order valence-corrected chi connectivity index (χ3v) is 3.15. The van der Waals surface area contributed by atoms with Crippen LogP contribution in [0.2, 0.25) is 0 Å². The third-order valence-electron chi connectivity index (χ3n) is 3.15. The van der Waals surface area contributed by atoms with Gasteiger partial charge in [0.2, 0.25) is 0 Å². The molecular formula is C10H14N4O6. The summed E-state index contributed by atoms with van der Waals surface area (Å²) in [7, 11) is 0. The van der Waals surface area contributed by atoms with Gasteiger partial charge < -0.3 is 31.5 Å². The van der Waals surface area contributed by atoms with E-state index in [0.29, 0.717) is 4.57 Å². The molecular weight excluding hydrogens is 272 g/mol. The van der Waals surface area contributed by atoms with Gasteiger partial charge in [-0.15, -0.1) is 0 Å². The minimum Gasteiger partial charge on any atom is -0.394 e. The van der Waals surface area contributed by atoms with Crippen molar-refractivity contribution < 1.29 is 24.9 Å². The Morgan fingerprint density at radius 1 is 1.55 bits per heavy atom. The minimum atomic E-state index is -2.36. The van der Waals surface area contributed by atoms with Crippen LogP contribution in [0.25, 0.3) is 0 Å². The fraction of sp³-hybridized carbons (Fsp3) is 0.500. The van der Waals surface area contributed by atoms with Crippen molar-refractivity contribution in [2.75, 3.05) is 12.3 Å². The van der Waals surface area contributed by atoms with Gasteiger partial charge >= 0.3 is 5.69 Å². The number of carbonyl (C=O) groups is 1.